The molecule has 0 heterocycles. The highest BCUT2D eigenvalue weighted by molar-refractivity contribution is 5.85. The van der Waals surface area contributed by atoms with E-state index in [4.69, 9.17) is 0 Å². The van der Waals surface area contributed by atoms with Crippen LogP contribution in [0.25, 0.3) is 0 Å². The first-order chi connectivity index (χ1) is 3.93. The van der Waals surface area contributed by atoms with Crippen molar-refractivity contribution in [3.63, 3.8) is 0 Å². The lowest BCUT2D eigenvalue weighted by atomic mass is 10.2. The molecule has 0 unspecified atom stereocenters. The van der Waals surface area contributed by atoms with Crippen molar-refractivity contribution in [2.24, 2.45) is 0 Å². The molecule has 66 valence electrons. The van der Waals surface area contributed by atoms with E-state index in [1.807, 2.05) is 6.07 Å². The van der Waals surface area contributed by atoms with Crippen molar-refractivity contribution >= 4 is 24.8 Å². The van der Waals surface area contributed by atoms with E-state index in [2.05, 4.69) is 31.2 Å². The van der Waals surface area contributed by atoms with Crippen molar-refractivity contribution in [1.82, 2.24) is 0 Å². The molecule has 0 aromatic heterocycles. The Hall–Kier alpha value is -0.240. The normalized spacial score (nSPS) is 6.64. The van der Waals surface area contributed by atoms with E-state index in [-0.39, 0.29) is 30.3 Å². The predicted octanol–water partition coefficient (Wildman–Crippen LogP) is 2.27. The summed E-state index contributed by atoms with van der Waals surface area (Å²) in [7, 11) is 0. The summed E-state index contributed by atoms with van der Waals surface area (Å²) >= 11 is 0. The van der Waals surface area contributed by atoms with E-state index in [1.54, 1.807) is 0 Å². The van der Waals surface area contributed by atoms with E-state index in [0.29, 0.717) is 0 Å². The monoisotopic (exact) mass is 196 g/mol. The topological polar surface area (TPSA) is 31.5 Å². The number of rotatable bonds is 1. The van der Waals surface area contributed by atoms with Crippen molar-refractivity contribution in [3.8, 4) is 0 Å². The van der Waals surface area contributed by atoms with E-state index < -0.39 is 0 Å². The second-order valence-corrected chi connectivity index (χ2v) is 1.84. The van der Waals surface area contributed by atoms with Crippen LogP contribution in [0.3, 0.4) is 0 Å². The molecule has 0 atom stereocenters. The second kappa shape index (κ2) is 9.76. The molecule has 1 aromatic rings. The van der Waals surface area contributed by atoms with Crippen molar-refractivity contribution in [3.05, 3.63) is 35.9 Å². The lowest BCUT2D eigenvalue weighted by Gasteiger charge is -1.89. The van der Waals surface area contributed by atoms with Gasteiger partial charge in [-0.2, -0.15) is 0 Å². The minimum Gasteiger partial charge on any atom is -0.412 e. The lowest BCUT2D eigenvalue weighted by Crippen LogP contribution is -1.73. The summed E-state index contributed by atoms with van der Waals surface area (Å²) in [6.07, 6.45) is 1.14. The van der Waals surface area contributed by atoms with Gasteiger partial charge in [0.1, 0.15) is 0 Å². The molecule has 0 fully saturated rings. The van der Waals surface area contributed by atoms with Crippen LogP contribution in [0.15, 0.2) is 30.3 Å². The standard InChI is InChI=1S/C8H10.2ClH.H2O/c1-2-8-6-4-3-5-7-8;;;/h3-7H,2H2,1H3;2*1H;1H2. The lowest BCUT2D eigenvalue weighted by molar-refractivity contribution is 0.824. The largest absolute Gasteiger partial charge is 0.412 e. The maximum Gasteiger partial charge on any atom is -0.0307 e. The third kappa shape index (κ3) is 6.17. The number of hydrogen-bond donors (Lipinski definition) is 0. The van der Waals surface area contributed by atoms with Gasteiger partial charge in [-0.25, -0.2) is 0 Å². The minimum atomic E-state index is 0. The maximum atomic E-state index is 2.16. The summed E-state index contributed by atoms with van der Waals surface area (Å²) in [6.45, 7) is 2.16. The fraction of sp³-hybridized carbons (Fsp3) is 0.250. The summed E-state index contributed by atoms with van der Waals surface area (Å²) in [5, 5.41) is 0. The van der Waals surface area contributed by atoms with Gasteiger partial charge in [0, 0.05) is 0 Å². The molecule has 0 aliphatic carbocycles. The quantitative estimate of drug-likeness (QED) is 0.661. The smallest absolute Gasteiger partial charge is 0.0307 e. The first-order valence-corrected chi connectivity index (χ1v) is 2.97. The van der Waals surface area contributed by atoms with Crippen LogP contribution in [0.1, 0.15) is 12.5 Å². The number of benzene rings is 1. The fourth-order valence-corrected chi connectivity index (χ4v) is 0.714. The summed E-state index contributed by atoms with van der Waals surface area (Å²) in [5.41, 5.74) is 1.41. The van der Waals surface area contributed by atoms with Gasteiger partial charge in [0.05, 0.1) is 0 Å². The van der Waals surface area contributed by atoms with Crippen LogP contribution in [-0.4, -0.2) is 5.48 Å². The number of aryl methyl sites for hydroxylation is 1. The highest BCUT2D eigenvalue weighted by atomic mass is 35.5. The third-order valence-electron chi connectivity index (χ3n) is 1.25. The van der Waals surface area contributed by atoms with Crippen LogP contribution < -0.4 is 0 Å². The number of halogens is 2. The zero-order valence-corrected chi connectivity index (χ0v) is 8.04. The zero-order valence-electron chi connectivity index (χ0n) is 6.41. The van der Waals surface area contributed by atoms with Gasteiger partial charge in [0.2, 0.25) is 0 Å². The molecule has 0 spiro atoms. The average Bonchev–Trinajstić information content (AvgIpc) is 1.90. The van der Waals surface area contributed by atoms with Crippen molar-refractivity contribution in [2.75, 3.05) is 0 Å². The summed E-state index contributed by atoms with van der Waals surface area (Å²) in [5.74, 6) is 0. The Morgan fingerprint density at radius 3 is 1.73 bits per heavy atom. The molecule has 3 heteroatoms. The Morgan fingerprint density at radius 1 is 1.00 bits per heavy atom. The molecule has 0 saturated carbocycles. The van der Waals surface area contributed by atoms with Gasteiger partial charge >= 0.3 is 0 Å². The average molecular weight is 197 g/mol. The van der Waals surface area contributed by atoms with Crippen LogP contribution in [0, 0.1) is 0 Å². The predicted molar refractivity (Wildman–Crippen MR) is 53.9 cm³/mol. The Morgan fingerprint density at radius 2 is 1.45 bits per heavy atom. The van der Waals surface area contributed by atoms with Gasteiger partial charge in [-0.3, -0.25) is 0 Å². The summed E-state index contributed by atoms with van der Waals surface area (Å²) in [4.78, 5) is 0. The van der Waals surface area contributed by atoms with E-state index in [0.717, 1.165) is 6.42 Å². The molecule has 1 nitrogen and oxygen atoms in total. The fourth-order valence-electron chi connectivity index (χ4n) is 0.714. The molecule has 0 amide bonds. The highest BCUT2D eigenvalue weighted by Crippen LogP contribution is 1.96. The molecule has 0 aliphatic heterocycles. The van der Waals surface area contributed by atoms with Gasteiger partial charge in [-0.05, 0) is 12.0 Å². The first-order valence-electron chi connectivity index (χ1n) is 2.97. The Balaban J connectivity index is -0.000000213. The SMILES string of the molecule is CCc1ccccc1.Cl.Cl.O. The molecule has 0 bridgehead atoms. The van der Waals surface area contributed by atoms with Crippen molar-refractivity contribution < 1.29 is 5.48 Å². The molecule has 1 rings (SSSR count). The Kier molecular flexibility index (Phi) is 15.1. The van der Waals surface area contributed by atoms with Gasteiger partial charge in [0.15, 0.2) is 0 Å². The highest BCUT2D eigenvalue weighted by Gasteiger charge is 1.79. The molecule has 0 radical (unpaired) electrons. The van der Waals surface area contributed by atoms with Crippen LogP contribution in [0.4, 0.5) is 0 Å². The summed E-state index contributed by atoms with van der Waals surface area (Å²) < 4.78 is 0. The second-order valence-electron chi connectivity index (χ2n) is 1.84. The van der Waals surface area contributed by atoms with Crippen molar-refractivity contribution in [1.29, 1.82) is 0 Å². The van der Waals surface area contributed by atoms with E-state index >= 15 is 0 Å². The van der Waals surface area contributed by atoms with E-state index in [1.165, 1.54) is 5.56 Å². The van der Waals surface area contributed by atoms with Gasteiger partial charge < -0.3 is 5.48 Å². The number of hydrogen-bond acceptors (Lipinski definition) is 0. The van der Waals surface area contributed by atoms with Crippen LogP contribution in [0.5, 0.6) is 0 Å². The first kappa shape index (κ1) is 17.0. The Bertz CT molecular complexity index is 153. The molecular weight excluding hydrogens is 183 g/mol. The van der Waals surface area contributed by atoms with Gasteiger partial charge in [-0.15, -0.1) is 24.8 Å². The van der Waals surface area contributed by atoms with Crippen LogP contribution in [-0.2, 0) is 6.42 Å². The molecule has 0 aliphatic rings. The van der Waals surface area contributed by atoms with Crippen molar-refractivity contribution in [2.45, 2.75) is 13.3 Å². The van der Waals surface area contributed by atoms with E-state index in [9.17, 15) is 0 Å². The molecular formula is C8H14Cl2O. The van der Waals surface area contributed by atoms with Crippen LogP contribution >= 0.6 is 24.8 Å². The minimum absolute atomic E-state index is 0. The van der Waals surface area contributed by atoms with Gasteiger partial charge in [-0.1, -0.05) is 37.3 Å². The molecule has 1 aromatic carbocycles. The zero-order chi connectivity index (χ0) is 5.82. The maximum absolute atomic E-state index is 2.16. The summed E-state index contributed by atoms with van der Waals surface area (Å²) in [6, 6.07) is 10.5. The van der Waals surface area contributed by atoms with Crippen LogP contribution in [0.2, 0.25) is 0 Å². The molecule has 2 N–H and O–H groups in total. The Labute approximate surface area is 79.9 Å². The third-order valence-corrected chi connectivity index (χ3v) is 1.25. The van der Waals surface area contributed by atoms with Gasteiger partial charge in [0.25, 0.3) is 0 Å². The molecule has 11 heavy (non-hydrogen) atoms. The molecule has 0 saturated heterocycles.